The van der Waals surface area contributed by atoms with Crippen LogP contribution in [0.4, 0.5) is 20.3 Å². The van der Waals surface area contributed by atoms with E-state index in [0.717, 1.165) is 48.0 Å². The zero-order valence-electron chi connectivity index (χ0n) is 25.8. The van der Waals surface area contributed by atoms with Crippen LogP contribution in [0.2, 0.25) is 5.02 Å². The fourth-order valence-electron chi connectivity index (χ4n) is 7.94. The number of rotatable bonds is 7. The van der Waals surface area contributed by atoms with Crippen LogP contribution in [-0.4, -0.2) is 83.1 Å². The Kier molecular flexibility index (Phi) is 7.97. The van der Waals surface area contributed by atoms with Gasteiger partial charge in [0.05, 0.1) is 41.3 Å². The standard InChI is InChI=1S/C34H36ClF2N7O2/c1-21(36)32(45)44-17-16-43(18-24(44)10-14-38)31-25-11-15-42(28-5-3-4-22-6-7-26(37)30(35)29(22)28)19-27(25)39-33(40-31)46-20-34-12-8-23(9-13-34)41(34)2/h3-7,23-24H,1,8-13,15-20H2,2H3/t23?,24-,34?/m0/s1. The van der Waals surface area contributed by atoms with Gasteiger partial charge in [0, 0.05) is 48.9 Å². The summed E-state index contributed by atoms with van der Waals surface area (Å²) in [6.07, 6.45) is 5.12. The summed E-state index contributed by atoms with van der Waals surface area (Å²) >= 11 is 6.50. The minimum atomic E-state index is -1.04. The maximum absolute atomic E-state index is 14.6. The first-order chi connectivity index (χ1) is 22.2. The lowest BCUT2D eigenvalue weighted by atomic mass is 9.88. The van der Waals surface area contributed by atoms with Crippen LogP contribution in [0, 0.1) is 17.1 Å². The Morgan fingerprint density at radius 1 is 1.17 bits per heavy atom. The molecule has 1 aromatic heterocycles. The highest BCUT2D eigenvalue weighted by Crippen LogP contribution is 2.45. The summed E-state index contributed by atoms with van der Waals surface area (Å²) in [7, 11) is 2.17. The Balaban J connectivity index is 1.24. The number of hydrogen-bond donors (Lipinski definition) is 0. The van der Waals surface area contributed by atoms with Gasteiger partial charge < -0.3 is 19.4 Å². The van der Waals surface area contributed by atoms with Crippen molar-refractivity contribution in [3.63, 3.8) is 0 Å². The predicted molar refractivity (Wildman–Crippen MR) is 172 cm³/mol. The van der Waals surface area contributed by atoms with Gasteiger partial charge in [0.25, 0.3) is 5.91 Å². The molecule has 12 heteroatoms. The zero-order valence-corrected chi connectivity index (χ0v) is 26.6. The third-order valence-electron chi connectivity index (χ3n) is 10.5. The van der Waals surface area contributed by atoms with Gasteiger partial charge in [-0.05, 0) is 56.7 Å². The van der Waals surface area contributed by atoms with E-state index in [2.05, 4.69) is 34.4 Å². The van der Waals surface area contributed by atoms with Gasteiger partial charge >= 0.3 is 6.01 Å². The molecule has 7 rings (SSSR count). The van der Waals surface area contributed by atoms with E-state index < -0.39 is 23.6 Å². The van der Waals surface area contributed by atoms with Crippen molar-refractivity contribution in [2.45, 2.75) is 62.7 Å². The summed E-state index contributed by atoms with van der Waals surface area (Å²) in [5, 5.41) is 11.1. The topological polar surface area (TPSA) is 88.8 Å². The molecule has 3 saturated heterocycles. The predicted octanol–water partition coefficient (Wildman–Crippen LogP) is 5.40. The van der Waals surface area contributed by atoms with Gasteiger partial charge in [-0.3, -0.25) is 9.69 Å². The number of piperazine rings is 1. The van der Waals surface area contributed by atoms with E-state index in [-0.39, 0.29) is 29.5 Å². The number of hydrogen-bond acceptors (Lipinski definition) is 8. The molecule has 0 N–H and O–H groups in total. The summed E-state index contributed by atoms with van der Waals surface area (Å²) < 4.78 is 34.9. The summed E-state index contributed by atoms with van der Waals surface area (Å²) in [6.45, 7) is 5.65. The van der Waals surface area contributed by atoms with Crippen molar-refractivity contribution in [3.8, 4) is 12.1 Å². The number of fused-ring (bicyclic) bond motifs is 4. The monoisotopic (exact) mass is 647 g/mol. The molecule has 5 heterocycles. The van der Waals surface area contributed by atoms with Crippen LogP contribution >= 0.6 is 11.6 Å². The van der Waals surface area contributed by atoms with Crippen molar-refractivity contribution in [2.75, 3.05) is 49.6 Å². The number of aromatic nitrogens is 2. The Hall–Kier alpha value is -4.01. The number of nitrogens with zero attached hydrogens (tertiary/aromatic N) is 7. The Morgan fingerprint density at radius 2 is 1.98 bits per heavy atom. The number of carbonyl (C=O) groups is 1. The van der Waals surface area contributed by atoms with E-state index in [9.17, 15) is 18.8 Å². The molecule has 1 atom stereocenters. The van der Waals surface area contributed by atoms with E-state index in [1.807, 2.05) is 18.2 Å². The summed E-state index contributed by atoms with van der Waals surface area (Å²) in [5.74, 6) is -1.59. The third kappa shape index (κ3) is 5.21. The number of ether oxygens (including phenoxy) is 1. The molecule has 2 bridgehead atoms. The molecule has 240 valence electrons. The third-order valence-corrected chi connectivity index (χ3v) is 10.9. The van der Waals surface area contributed by atoms with Gasteiger partial charge in [0.1, 0.15) is 18.2 Å². The number of halogens is 3. The maximum Gasteiger partial charge on any atom is 0.318 e. The lowest BCUT2D eigenvalue weighted by Gasteiger charge is -2.42. The van der Waals surface area contributed by atoms with Crippen molar-refractivity contribution in [1.82, 2.24) is 19.8 Å². The summed E-state index contributed by atoms with van der Waals surface area (Å²) in [5.41, 5.74) is 2.55. The second-order valence-electron chi connectivity index (χ2n) is 12.9. The van der Waals surface area contributed by atoms with Crippen LogP contribution in [0.5, 0.6) is 6.01 Å². The second kappa shape index (κ2) is 12.0. The first kappa shape index (κ1) is 30.6. The van der Waals surface area contributed by atoms with E-state index in [1.54, 1.807) is 6.07 Å². The molecule has 9 nitrogen and oxygen atoms in total. The summed E-state index contributed by atoms with van der Waals surface area (Å²) in [4.78, 5) is 30.5. The number of nitriles is 1. The molecule has 0 unspecified atom stereocenters. The van der Waals surface area contributed by atoms with Gasteiger partial charge in [0.2, 0.25) is 0 Å². The Bertz CT molecular complexity index is 1760. The first-order valence-electron chi connectivity index (χ1n) is 15.8. The van der Waals surface area contributed by atoms with Crippen molar-refractivity contribution in [3.05, 3.63) is 64.8 Å². The van der Waals surface area contributed by atoms with Crippen LogP contribution in [0.25, 0.3) is 10.8 Å². The minimum absolute atomic E-state index is 0.0292. The maximum atomic E-state index is 14.6. The molecule has 0 spiro atoms. The van der Waals surface area contributed by atoms with Crippen molar-refractivity contribution in [2.24, 2.45) is 0 Å². The quantitative estimate of drug-likeness (QED) is 0.315. The average molecular weight is 648 g/mol. The number of benzene rings is 2. The van der Waals surface area contributed by atoms with Crippen LogP contribution in [0.1, 0.15) is 43.4 Å². The highest BCUT2D eigenvalue weighted by Gasteiger charge is 2.50. The fourth-order valence-corrected chi connectivity index (χ4v) is 8.21. The van der Waals surface area contributed by atoms with Gasteiger partial charge in [-0.1, -0.05) is 36.4 Å². The van der Waals surface area contributed by atoms with Crippen LogP contribution < -0.4 is 14.5 Å². The van der Waals surface area contributed by atoms with Gasteiger partial charge in [-0.2, -0.15) is 15.2 Å². The van der Waals surface area contributed by atoms with Crippen molar-refractivity contribution < 1.29 is 18.3 Å². The van der Waals surface area contributed by atoms with Crippen LogP contribution in [0.15, 0.2) is 42.7 Å². The number of anilines is 2. The lowest BCUT2D eigenvalue weighted by molar-refractivity contribution is -0.131. The second-order valence-corrected chi connectivity index (χ2v) is 13.3. The number of amides is 1. The highest BCUT2D eigenvalue weighted by atomic mass is 35.5. The molecular formula is C34H36ClF2N7O2. The van der Waals surface area contributed by atoms with Crippen LogP contribution in [0.3, 0.4) is 0 Å². The van der Waals surface area contributed by atoms with Gasteiger partial charge in [-0.25, -0.2) is 8.78 Å². The molecule has 4 aliphatic heterocycles. The van der Waals surface area contributed by atoms with Crippen LogP contribution in [-0.2, 0) is 17.8 Å². The smallest absolute Gasteiger partial charge is 0.318 e. The molecule has 46 heavy (non-hydrogen) atoms. The average Bonchev–Trinajstić information content (AvgIpc) is 3.55. The molecule has 3 aromatic rings. The molecule has 0 radical (unpaired) electrons. The number of likely N-dealkylation sites (N-methyl/N-ethyl adjacent to an activating group) is 1. The molecule has 4 aliphatic rings. The van der Waals surface area contributed by atoms with Gasteiger partial charge in [0.15, 0.2) is 5.83 Å². The summed E-state index contributed by atoms with van der Waals surface area (Å²) in [6, 6.07) is 11.4. The van der Waals surface area contributed by atoms with E-state index in [1.165, 1.54) is 11.0 Å². The molecule has 0 saturated carbocycles. The van der Waals surface area contributed by atoms with Crippen molar-refractivity contribution >= 4 is 39.8 Å². The Labute approximate surface area is 272 Å². The zero-order chi connectivity index (χ0) is 32.2. The lowest BCUT2D eigenvalue weighted by Crippen LogP contribution is -2.55. The van der Waals surface area contributed by atoms with Gasteiger partial charge in [-0.15, -0.1) is 0 Å². The minimum Gasteiger partial charge on any atom is -0.461 e. The molecule has 3 fully saturated rings. The number of carbonyl (C=O) groups excluding carboxylic acids is 1. The van der Waals surface area contributed by atoms with E-state index >= 15 is 0 Å². The molecule has 0 aliphatic carbocycles. The Morgan fingerprint density at radius 3 is 2.70 bits per heavy atom. The SMILES string of the molecule is C=C(F)C(=O)N1CCN(c2nc(OCC34CCC(CC3)N4C)nc3c2CCN(c2cccc4ccc(F)c(Cl)c24)C3)C[C@@H]1CC#N. The fraction of sp³-hybridized carbons (Fsp3) is 0.471. The molecular weight excluding hydrogens is 612 g/mol. The largest absolute Gasteiger partial charge is 0.461 e. The van der Waals surface area contributed by atoms with E-state index in [0.29, 0.717) is 56.5 Å². The molecule has 1 amide bonds. The van der Waals surface area contributed by atoms with E-state index in [4.69, 9.17) is 26.3 Å². The molecule has 2 aromatic carbocycles. The first-order valence-corrected chi connectivity index (χ1v) is 16.2. The highest BCUT2D eigenvalue weighted by molar-refractivity contribution is 6.36. The normalized spacial score (nSPS) is 24.3. The van der Waals surface area contributed by atoms with Crippen molar-refractivity contribution in [1.29, 1.82) is 5.26 Å².